The van der Waals surface area contributed by atoms with Crippen LogP contribution in [0.2, 0.25) is 5.02 Å². The van der Waals surface area contributed by atoms with Gasteiger partial charge in [0.25, 0.3) is 5.56 Å². The Balaban J connectivity index is 1.51. The van der Waals surface area contributed by atoms with Crippen molar-refractivity contribution in [2.45, 2.75) is 105 Å². The average Bonchev–Trinajstić information content (AvgIpc) is 3.45. The van der Waals surface area contributed by atoms with Gasteiger partial charge in [0.15, 0.2) is 11.7 Å². The molecule has 54 heavy (non-hydrogen) atoms. The summed E-state index contributed by atoms with van der Waals surface area (Å²) in [5.41, 5.74) is 3.06. The number of nitrogens with one attached hydrogen (secondary N) is 1. The maximum atomic E-state index is 14.7. The number of nitrogens with zero attached hydrogens (tertiary/aromatic N) is 4. The predicted octanol–water partition coefficient (Wildman–Crippen LogP) is 8.44. The molecule has 4 atom stereocenters. The Morgan fingerprint density at radius 3 is 2.44 bits per heavy atom. The lowest BCUT2D eigenvalue weighted by Crippen LogP contribution is -2.38. The molecule has 11 heteroatoms. The molecule has 4 unspecified atom stereocenters. The third-order valence-corrected chi connectivity index (χ3v) is 11.5. The first kappa shape index (κ1) is 39.4. The Hall–Kier alpha value is -4.28. The van der Waals surface area contributed by atoms with Gasteiger partial charge in [-0.05, 0) is 105 Å². The molecule has 2 aliphatic heterocycles. The van der Waals surface area contributed by atoms with Gasteiger partial charge in [0.05, 0.1) is 11.8 Å². The molecule has 2 N–H and O–H groups in total. The standard InChI is InChI=1S/C43H54ClN5O5/c1-7-9-11-29(8-2)42(52)47-35-23-36(51)49-40(45-34-18-17-32(22-26(34)4)48-19-10-12-33(50)24-48)37(30-13-15-31(44)16-14-30)38(41(49)46-35)43(53)54-39-27(5)20-25(3)21-28(39)6/h13-18,22-23,25,27-29,33,39,50H,7-12,19-21,24H2,1-6H3,(H,47,52). The maximum Gasteiger partial charge on any atom is 0.343 e. The fourth-order valence-corrected chi connectivity index (χ4v) is 8.64. The molecule has 6 rings (SSSR count). The summed E-state index contributed by atoms with van der Waals surface area (Å²) >= 11 is 6.35. The molecule has 1 aromatic heterocycles. The molecule has 3 heterocycles. The van der Waals surface area contributed by atoms with Gasteiger partial charge in [-0.1, -0.05) is 71.2 Å². The van der Waals surface area contributed by atoms with E-state index in [1.54, 1.807) is 24.3 Å². The number of anilines is 2. The van der Waals surface area contributed by atoms with E-state index in [1.807, 2.05) is 32.0 Å². The quantitative estimate of drug-likeness (QED) is 0.188. The Morgan fingerprint density at radius 2 is 1.80 bits per heavy atom. The highest BCUT2D eigenvalue weighted by Crippen LogP contribution is 2.40. The number of halogens is 1. The molecule has 3 aliphatic rings. The number of aliphatic hydroxyl groups excluding tert-OH is 1. The molecule has 1 amide bonds. The zero-order valence-corrected chi connectivity index (χ0v) is 33.2. The third-order valence-electron chi connectivity index (χ3n) is 11.3. The first-order valence-electron chi connectivity index (χ1n) is 19.7. The highest BCUT2D eigenvalue weighted by Gasteiger charge is 2.40. The minimum absolute atomic E-state index is 0.0640. The van der Waals surface area contributed by atoms with Crippen molar-refractivity contribution in [1.29, 1.82) is 0 Å². The number of ether oxygens (including phenoxy) is 1. The van der Waals surface area contributed by atoms with Gasteiger partial charge in [-0.3, -0.25) is 9.59 Å². The van der Waals surface area contributed by atoms with Gasteiger partial charge < -0.3 is 20.1 Å². The van der Waals surface area contributed by atoms with Crippen LogP contribution in [0.25, 0.3) is 11.1 Å². The lowest BCUT2D eigenvalue weighted by Gasteiger charge is -2.37. The number of esters is 1. The van der Waals surface area contributed by atoms with Crippen molar-refractivity contribution >= 4 is 57.7 Å². The van der Waals surface area contributed by atoms with Crippen molar-refractivity contribution in [3.05, 3.63) is 80.9 Å². The highest BCUT2D eigenvalue weighted by atomic mass is 35.5. The van der Waals surface area contributed by atoms with Gasteiger partial charge in [-0.25, -0.2) is 19.3 Å². The summed E-state index contributed by atoms with van der Waals surface area (Å²) in [7, 11) is 0. The van der Waals surface area contributed by atoms with Crippen molar-refractivity contribution in [2.75, 3.05) is 23.3 Å². The molecule has 3 aromatic rings. The van der Waals surface area contributed by atoms with Crippen molar-refractivity contribution in [3.63, 3.8) is 0 Å². The number of aromatic nitrogens is 2. The number of aliphatic hydroxyl groups is 1. The van der Waals surface area contributed by atoms with Crippen LogP contribution < -0.4 is 15.8 Å². The highest BCUT2D eigenvalue weighted by molar-refractivity contribution is 6.44. The number of aliphatic imine (C=N–C) groups is 1. The van der Waals surface area contributed by atoms with E-state index in [0.29, 0.717) is 40.7 Å². The lowest BCUT2D eigenvalue weighted by molar-refractivity contribution is -0.150. The SMILES string of the molecule is CCCCC(CC)C(=O)Nc1cc(=O)n2c(n1)C(C(=O)OC1C(C)CC(C)CC1C)=C(c1ccc(Cl)cc1)C2=Nc1ccc(N2CCCC(O)C2)cc1C. The number of unbranched alkanes of at least 4 members (excludes halogenated alkanes) is 1. The normalized spacial score (nSPS) is 24.0. The summed E-state index contributed by atoms with van der Waals surface area (Å²) in [6.07, 6.45) is 6.11. The van der Waals surface area contributed by atoms with Crippen LogP contribution in [0, 0.1) is 30.6 Å². The van der Waals surface area contributed by atoms with E-state index in [9.17, 15) is 19.5 Å². The second kappa shape index (κ2) is 17.0. The molecular formula is C43H54ClN5O5. The maximum absolute atomic E-state index is 14.7. The van der Waals surface area contributed by atoms with Crippen LogP contribution in [0.1, 0.15) is 103 Å². The summed E-state index contributed by atoms with van der Waals surface area (Å²) < 4.78 is 7.76. The van der Waals surface area contributed by atoms with Crippen LogP contribution in [-0.2, 0) is 14.3 Å². The monoisotopic (exact) mass is 755 g/mol. The summed E-state index contributed by atoms with van der Waals surface area (Å²) in [5, 5.41) is 13.7. The number of hydrogen-bond acceptors (Lipinski definition) is 8. The molecule has 10 nitrogen and oxygen atoms in total. The van der Waals surface area contributed by atoms with Crippen LogP contribution in [0.3, 0.4) is 0 Å². The minimum Gasteiger partial charge on any atom is -0.458 e. The summed E-state index contributed by atoms with van der Waals surface area (Å²) in [6.45, 7) is 13.9. The Morgan fingerprint density at radius 1 is 1.07 bits per heavy atom. The van der Waals surface area contributed by atoms with Crippen LogP contribution >= 0.6 is 11.6 Å². The molecule has 0 spiro atoms. The molecular weight excluding hydrogens is 702 g/mol. The second-order valence-corrected chi connectivity index (χ2v) is 16.1. The summed E-state index contributed by atoms with van der Waals surface area (Å²) in [4.78, 5) is 54.5. The molecule has 0 radical (unpaired) electrons. The number of benzene rings is 2. The molecule has 2 aromatic carbocycles. The Bertz CT molecular complexity index is 1980. The number of hydrogen-bond donors (Lipinski definition) is 2. The molecule has 2 fully saturated rings. The number of fused-ring (bicyclic) bond motifs is 1. The van der Waals surface area contributed by atoms with Crippen molar-refractivity contribution in [3.8, 4) is 0 Å². The number of piperidine rings is 1. The van der Waals surface area contributed by atoms with E-state index in [0.717, 1.165) is 62.7 Å². The number of aryl methyl sites for hydroxylation is 1. The van der Waals surface area contributed by atoms with E-state index < -0.39 is 11.5 Å². The zero-order valence-electron chi connectivity index (χ0n) is 32.4. The fraction of sp³-hybridized carbons (Fsp3) is 0.512. The molecule has 0 bridgehead atoms. The number of carbonyl (C=O) groups is 2. The van der Waals surface area contributed by atoms with Gasteiger partial charge in [0, 0.05) is 41.4 Å². The van der Waals surface area contributed by atoms with E-state index in [-0.39, 0.29) is 58.9 Å². The summed E-state index contributed by atoms with van der Waals surface area (Å²) in [5.74, 6) is 0.115. The minimum atomic E-state index is -0.599. The van der Waals surface area contributed by atoms with Gasteiger partial charge in [-0.15, -0.1) is 0 Å². The zero-order chi connectivity index (χ0) is 38.7. The third kappa shape index (κ3) is 8.50. The molecule has 288 valence electrons. The number of β-amino-alcohol motifs (C(OH)–C–C–N with tert-alkyl or cyclic N) is 1. The van der Waals surface area contributed by atoms with Crippen LogP contribution in [0.5, 0.6) is 0 Å². The average molecular weight is 756 g/mol. The number of rotatable bonds is 11. The largest absolute Gasteiger partial charge is 0.458 e. The van der Waals surface area contributed by atoms with E-state index >= 15 is 0 Å². The predicted molar refractivity (Wildman–Crippen MR) is 216 cm³/mol. The molecule has 1 saturated carbocycles. The number of carbonyl (C=O) groups excluding carboxylic acids is 2. The smallest absolute Gasteiger partial charge is 0.343 e. The van der Waals surface area contributed by atoms with Gasteiger partial charge in [0.2, 0.25) is 5.91 Å². The van der Waals surface area contributed by atoms with E-state index in [2.05, 4.69) is 37.9 Å². The topological polar surface area (TPSA) is 126 Å². The van der Waals surface area contributed by atoms with Crippen molar-refractivity contribution in [2.24, 2.45) is 28.7 Å². The van der Waals surface area contributed by atoms with Crippen molar-refractivity contribution in [1.82, 2.24) is 9.55 Å². The van der Waals surface area contributed by atoms with Gasteiger partial charge in [0.1, 0.15) is 17.5 Å². The lowest BCUT2D eigenvalue weighted by atomic mass is 9.75. The Kier molecular flexibility index (Phi) is 12.4. The number of amides is 1. The van der Waals surface area contributed by atoms with Crippen molar-refractivity contribution < 1.29 is 19.4 Å². The van der Waals surface area contributed by atoms with E-state index in [4.69, 9.17) is 26.3 Å². The van der Waals surface area contributed by atoms with Gasteiger partial charge >= 0.3 is 5.97 Å². The number of allylic oxidation sites excluding steroid dienone is 1. The van der Waals surface area contributed by atoms with Crippen LogP contribution in [0.15, 0.2) is 58.3 Å². The summed E-state index contributed by atoms with van der Waals surface area (Å²) in [6, 6.07) is 14.2. The van der Waals surface area contributed by atoms with Crippen LogP contribution in [0.4, 0.5) is 17.2 Å². The first-order valence-corrected chi connectivity index (χ1v) is 20.1. The molecule has 1 aliphatic carbocycles. The van der Waals surface area contributed by atoms with Crippen LogP contribution in [-0.4, -0.2) is 57.7 Å². The van der Waals surface area contributed by atoms with Gasteiger partial charge in [-0.2, -0.15) is 0 Å². The first-order chi connectivity index (χ1) is 25.9. The fourth-order valence-electron chi connectivity index (χ4n) is 8.52. The molecule has 1 saturated heterocycles. The van der Waals surface area contributed by atoms with E-state index in [1.165, 1.54) is 10.6 Å². The Labute approximate surface area is 323 Å². The second-order valence-electron chi connectivity index (χ2n) is 15.7.